The van der Waals surface area contributed by atoms with Gasteiger partial charge in [-0.3, -0.25) is 0 Å². The average molecular weight is 299 g/mol. The molecule has 0 spiro atoms. The minimum Gasteiger partial charge on any atom is -0.443 e. The molecule has 0 saturated carbocycles. The molecule has 2 aromatic rings. The van der Waals surface area contributed by atoms with E-state index in [9.17, 15) is 4.39 Å². The maximum Gasteiger partial charge on any atom is 0.181 e. The summed E-state index contributed by atoms with van der Waals surface area (Å²) in [7, 11) is 0. The lowest BCUT2D eigenvalue weighted by Gasteiger charge is -2.03. The van der Waals surface area contributed by atoms with E-state index >= 15 is 0 Å². The van der Waals surface area contributed by atoms with Crippen molar-refractivity contribution in [1.82, 2.24) is 10.3 Å². The summed E-state index contributed by atoms with van der Waals surface area (Å²) in [6.07, 6.45) is 1.38. The van der Waals surface area contributed by atoms with Gasteiger partial charge in [-0.05, 0) is 24.7 Å². The van der Waals surface area contributed by atoms with Crippen LogP contribution in [0.2, 0.25) is 0 Å². The fourth-order valence-corrected chi connectivity index (χ4v) is 2.02. The number of nitrogens with zero attached hydrogens (tertiary/aromatic N) is 1. The van der Waals surface area contributed by atoms with E-state index < -0.39 is 0 Å². The highest BCUT2D eigenvalue weighted by Crippen LogP contribution is 2.27. The molecule has 3 nitrogen and oxygen atoms in total. The van der Waals surface area contributed by atoms with Gasteiger partial charge in [-0.2, -0.15) is 0 Å². The molecule has 1 heterocycles. The average Bonchev–Trinajstić information content (AvgIpc) is 2.73. The second-order valence-electron chi connectivity index (χ2n) is 3.57. The molecule has 1 N–H and O–H groups in total. The number of benzene rings is 1. The SMILES string of the molecule is CCNCc1ncoc1-c1cc(F)cc(Br)c1. The molecule has 90 valence electrons. The van der Waals surface area contributed by atoms with E-state index in [2.05, 4.69) is 26.2 Å². The van der Waals surface area contributed by atoms with Crippen molar-refractivity contribution in [1.29, 1.82) is 0 Å². The summed E-state index contributed by atoms with van der Waals surface area (Å²) in [5.74, 6) is 0.298. The Bertz CT molecular complexity index is 493. The molecule has 0 saturated heterocycles. The van der Waals surface area contributed by atoms with Crippen LogP contribution in [0.5, 0.6) is 0 Å². The molecule has 0 aliphatic rings. The third-order valence-corrected chi connectivity index (χ3v) is 2.77. The molecule has 2 rings (SSSR count). The minimum absolute atomic E-state index is 0.305. The molecule has 0 amide bonds. The van der Waals surface area contributed by atoms with Crippen LogP contribution >= 0.6 is 15.9 Å². The fourth-order valence-electron chi connectivity index (χ4n) is 1.56. The van der Waals surface area contributed by atoms with Gasteiger partial charge in [0.2, 0.25) is 0 Å². The summed E-state index contributed by atoms with van der Waals surface area (Å²) in [5, 5.41) is 3.16. The zero-order chi connectivity index (χ0) is 12.3. The van der Waals surface area contributed by atoms with Gasteiger partial charge in [0.15, 0.2) is 12.2 Å². The first-order valence-corrected chi connectivity index (χ1v) is 6.09. The van der Waals surface area contributed by atoms with Gasteiger partial charge in [0.1, 0.15) is 11.5 Å². The topological polar surface area (TPSA) is 38.1 Å². The van der Waals surface area contributed by atoms with Crippen LogP contribution in [0.15, 0.2) is 33.5 Å². The van der Waals surface area contributed by atoms with E-state index in [0.717, 1.165) is 12.2 Å². The minimum atomic E-state index is -0.305. The first-order chi connectivity index (χ1) is 8.20. The van der Waals surface area contributed by atoms with Crippen molar-refractivity contribution in [2.45, 2.75) is 13.5 Å². The summed E-state index contributed by atoms with van der Waals surface area (Å²) in [4.78, 5) is 4.12. The predicted octanol–water partition coefficient (Wildman–Crippen LogP) is 3.35. The van der Waals surface area contributed by atoms with Gasteiger partial charge in [-0.25, -0.2) is 9.37 Å². The normalized spacial score (nSPS) is 10.8. The van der Waals surface area contributed by atoms with Crippen LogP contribution in [-0.2, 0) is 6.54 Å². The Morgan fingerprint density at radius 3 is 2.94 bits per heavy atom. The van der Waals surface area contributed by atoms with Gasteiger partial charge in [0.05, 0.1) is 0 Å². The second-order valence-corrected chi connectivity index (χ2v) is 4.48. The Labute approximate surface area is 107 Å². The maximum absolute atomic E-state index is 13.3. The van der Waals surface area contributed by atoms with E-state index in [0.29, 0.717) is 22.3 Å². The number of aromatic nitrogens is 1. The molecule has 1 aromatic heterocycles. The zero-order valence-electron chi connectivity index (χ0n) is 9.34. The lowest BCUT2D eigenvalue weighted by Crippen LogP contribution is -2.12. The van der Waals surface area contributed by atoms with E-state index in [-0.39, 0.29) is 5.82 Å². The number of halogens is 2. The molecule has 0 aliphatic carbocycles. The van der Waals surface area contributed by atoms with E-state index in [1.165, 1.54) is 18.5 Å². The molecule has 0 bridgehead atoms. The van der Waals surface area contributed by atoms with Gasteiger partial charge < -0.3 is 9.73 Å². The van der Waals surface area contributed by atoms with Crippen molar-refractivity contribution in [3.63, 3.8) is 0 Å². The standard InChI is InChI=1S/C12H12BrFN2O/c1-2-15-6-11-12(17-7-16-11)8-3-9(13)5-10(14)4-8/h3-5,7,15H,2,6H2,1H3. The Kier molecular flexibility index (Phi) is 3.91. The maximum atomic E-state index is 13.3. The van der Waals surface area contributed by atoms with Crippen molar-refractivity contribution < 1.29 is 8.81 Å². The number of oxazole rings is 1. The third-order valence-electron chi connectivity index (χ3n) is 2.31. The largest absolute Gasteiger partial charge is 0.443 e. The van der Waals surface area contributed by atoms with Crippen molar-refractivity contribution in [2.75, 3.05) is 6.54 Å². The molecular weight excluding hydrogens is 287 g/mol. The Morgan fingerprint density at radius 1 is 1.41 bits per heavy atom. The molecule has 0 radical (unpaired) electrons. The van der Waals surface area contributed by atoms with Crippen LogP contribution in [0.1, 0.15) is 12.6 Å². The van der Waals surface area contributed by atoms with Crippen molar-refractivity contribution in [2.24, 2.45) is 0 Å². The number of rotatable bonds is 4. The van der Waals surface area contributed by atoms with Crippen LogP contribution in [0, 0.1) is 5.82 Å². The molecule has 0 aliphatic heterocycles. The Hall–Kier alpha value is -1.20. The molecule has 0 atom stereocenters. The van der Waals surface area contributed by atoms with Crippen LogP contribution in [-0.4, -0.2) is 11.5 Å². The Morgan fingerprint density at radius 2 is 2.24 bits per heavy atom. The van der Waals surface area contributed by atoms with Crippen molar-refractivity contribution in [3.8, 4) is 11.3 Å². The van der Waals surface area contributed by atoms with Gasteiger partial charge in [0.25, 0.3) is 0 Å². The highest BCUT2D eigenvalue weighted by atomic mass is 79.9. The molecule has 0 fully saturated rings. The third kappa shape index (κ3) is 2.92. The summed E-state index contributed by atoms with van der Waals surface area (Å²) in [6.45, 7) is 3.47. The number of hydrogen-bond acceptors (Lipinski definition) is 3. The highest BCUT2D eigenvalue weighted by molar-refractivity contribution is 9.10. The lowest BCUT2D eigenvalue weighted by atomic mass is 10.1. The molecule has 0 unspecified atom stereocenters. The fraction of sp³-hybridized carbons (Fsp3) is 0.250. The van der Waals surface area contributed by atoms with Gasteiger partial charge >= 0.3 is 0 Å². The van der Waals surface area contributed by atoms with E-state index in [1.807, 2.05) is 6.92 Å². The van der Waals surface area contributed by atoms with Gasteiger partial charge in [-0.15, -0.1) is 0 Å². The predicted molar refractivity (Wildman–Crippen MR) is 67.0 cm³/mol. The number of hydrogen-bond donors (Lipinski definition) is 1. The molecule has 17 heavy (non-hydrogen) atoms. The van der Waals surface area contributed by atoms with Crippen LogP contribution < -0.4 is 5.32 Å². The number of nitrogens with one attached hydrogen (secondary N) is 1. The van der Waals surface area contributed by atoms with Crippen molar-refractivity contribution in [3.05, 3.63) is 40.6 Å². The summed E-state index contributed by atoms with van der Waals surface area (Å²) in [5.41, 5.74) is 1.46. The monoisotopic (exact) mass is 298 g/mol. The summed E-state index contributed by atoms with van der Waals surface area (Å²) >= 11 is 3.26. The van der Waals surface area contributed by atoms with Crippen LogP contribution in [0.4, 0.5) is 4.39 Å². The quantitative estimate of drug-likeness (QED) is 0.941. The van der Waals surface area contributed by atoms with Crippen LogP contribution in [0.25, 0.3) is 11.3 Å². The van der Waals surface area contributed by atoms with E-state index in [1.54, 1.807) is 6.07 Å². The lowest BCUT2D eigenvalue weighted by molar-refractivity contribution is 0.568. The van der Waals surface area contributed by atoms with Crippen molar-refractivity contribution >= 4 is 15.9 Å². The second kappa shape index (κ2) is 5.42. The summed E-state index contributed by atoms with van der Waals surface area (Å²) < 4.78 is 19.3. The highest BCUT2D eigenvalue weighted by Gasteiger charge is 2.11. The first-order valence-electron chi connectivity index (χ1n) is 5.30. The Balaban J connectivity index is 2.35. The smallest absolute Gasteiger partial charge is 0.181 e. The van der Waals surface area contributed by atoms with Crippen LogP contribution in [0.3, 0.4) is 0 Å². The van der Waals surface area contributed by atoms with Gasteiger partial charge in [0, 0.05) is 16.6 Å². The molecular formula is C12H12BrFN2O. The molecule has 5 heteroatoms. The van der Waals surface area contributed by atoms with Gasteiger partial charge in [-0.1, -0.05) is 22.9 Å². The van der Waals surface area contributed by atoms with E-state index in [4.69, 9.17) is 4.42 Å². The zero-order valence-corrected chi connectivity index (χ0v) is 10.9. The summed E-state index contributed by atoms with van der Waals surface area (Å²) in [6, 6.07) is 4.64. The first kappa shape index (κ1) is 12.3. The molecule has 1 aromatic carbocycles.